The lowest BCUT2D eigenvalue weighted by atomic mass is 10.2. The fourth-order valence-corrected chi connectivity index (χ4v) is 1.42. The molecule has 3 heteroatoms. The van der Waals surface area contributed by atoms with Crippen molar-refractivity contribution in [2.24, 2.45) is 0 Å². The van der Waals surface area contributed by atoms with Crippen molar-refractivity contribution in [1.82, 2.24) is 10.3 Å². The number of aromatic nitrogens is 1. The van der Waals surface area contributed by atoms with Crippen LogP contribution in [0.25, 0.3) is 0 Å². The SMILES string of the molecule is C#CCC(C)NCc1nccs1. The predicted octanol–water partition coefficient (Wildman–Crippen LogP) is 1.64. The molecule has 64 valence electrons. The maximum atomic E-state index is 5.18. The van der Waals surface area contributed by atoms with E-state index in [0.717, 1.165) is 18.0 Å². The van der Waals surface area contributed by atoms with Crippen molar-refractivity contribution < 1.29 is 0 Å². The Morgan fingerprint density at radius 3 is 3.25 bits per heavy atom. The Morgan fingerprint density at radius 2 is 2.67 bits per heavy atom. The van der Waals surface area contributed by atoms with E-state index in [1.54, 1.807) is 11.3 Å². The minimum atomic E-state index is 0.374. The fourth-order valence-electron chi connectivity index (χ4n) is 0.851. The minimum Gasteiger partial charge on any atom is -0.307 e. The topological polar surface area (TPSA) is 24.9 Å². The Bertz CT molecular complexity index is 248. The van der Waals surface area contributed by atoms with Crippen LogP contribution in [0, 0.1) is 12.3 Å². The molecule has 12 heavy (non-hydrogen) atoms. The van der Waals surface area contributed by atoms with Crippen LogP contribution in [0.15, 0.2) is 11.6 Å². The molecule has 1 heterocycles. The molecule has 0 aliphatic carbocycles. The molecule has 0 amide bonds. The van der Waals surface area contributed by atoms with Crippen molar-refractivity contribution in [3.63, 3.8) is 0 Å². The van der Waals surface area contributed by atoms with Crippen LogP contribution in [0.4, 0.5) is 0 Å². The molecule has 0 spiro atoms. The van der Waals surface area contributed by atoms with Crippen LogP contribution in [0.1, 0.15) is 18.4 Å². The first-order valence-corrected chi connectivity index (χ1v) is 4.76. The van der Waals surface area contributed by atoms with Gasteiger partial charge in [0.05, 0.1) is 0 Å². The summed E-state index contributed by atoms with van der Waals surface area (Å²) < 4.78 is 0. The Morgan fingerprint density at radius 1 is 1.83 bits per heavy atom. The second kappa shape index (κ2) is 4.91. The highest BCUT2D eigenvalue weighted by atomic mass is 32.1. The lowest BCUT2D eigenvalue weighted by molar-refractivity contribution is 0.558. The highest BCUT2D eigenvalue weighted by molar-refractivity contribution is 7.09. The van der Waals surface area contributed by atoms with E-state index in [1.807, 2.05) is 11.6 Å². The monoisotopic (exact) mass is 180 g/mol. The molecule has 1 atom stereocenters. The highest BCUT2D eigenvalue weighted by Gasteiger charge is 1.99. The molecule has 1 rings (SSSR count). The summed E-state index contributed by atoms with van der Waals surface area (Å²) in [5, 5.41) is 6.38. The van der Waals surface area contributed by atoms with Crippen molar-refractivity contribution in [2.75, 3.05) is 0 Å². The van der Waals surface area contributed by atoms with Crippen LogP contribution in [0.3, 0.4) is 0 Å². The second-order valence-electron chi connectivity index (χ2n) is 2.62. The third-order valence-electron chi connectivity index (χ3n) is 1.51. The van der Waals surface area contributed by atoms with Crippen LogP contribution < -0.4 is 5.32 Å². The summed E-state index contributed by atoms with van der Waals surface area (Å²) in [4.78, 5) is 4.15. The van der Waals surface area contributed by atoms with E-state index in [2.05, 4.69) is 23.1 Å². The minimum absolute atomic E-state index is 0.374. The standard InChI is InChI=1S/C9H12N2S/c1-3-4-8(2)11-7-9-10-5-6-12-9/h1,5-6,8,11H,4,7H2,2H3. The molecule has 0 saturated carbocycles. The van der Waals surface area contributed by atoms with Crippen LogP contribution in [0.5, 0.6) is 0 Å². The molecular weight excluding hydrogens is 168 g/mol. The van der Waals surface area contributed by atoms with E-state index in [9.17, 15) is 0 Å². The number of rotatable bonds is 4. The van der Waals surface area contributed by atoms with Crippen molar-refractivity contribution in [2.45, 2.75) is 25.9 Å². The van der Waals surface area contributed by atoms with Crippen molar-refractivity contribution in [3.8, 4) is 12.3 Å². The van der Waals surface area contributed by atoms with E-state index in [0.29, 0.717) is 6.04 Å². The van der Waals surface area contributed by atoms with E-state index in [-0.39, 0.29) is 0 Å². The molecule has 1 aromatic rings. The smallest absolute Gasteiger partial charge is 0.106 e. The molecule has 0 radical (unpaired) electrons. The summed E-state index contributed by atoms with van der Waals surface area (Å²) >= 11 is 1.66. The van der Waals surface area contributed by atoms with Crippen LogP contribution in [0.2, 0.25) is 0 Å². The maximum Gasteiger partial charge on any atom is 0.106 e. The van der Waals surface area contributed by atoms with Crippen LogP contribution in [-0.4, -0.2) is 11.0 Å². The lowest BCUT2D eigenvalue weighted by Crippen LogP contribution is -2.24. The number of hydrogen-bond acceptors (Lipinski definition) is 3. The molecule has 0 fully saturated rings. The largest absolute Gasteiger partial charge is 0.307 e. The van der Waals surface area contributed by atoms with E-state index >= 15 is 0 Å². The Kier molecular flexibility index (Phi) is 3.78. The Labute approximate surface area is 77.0 Å². The normalized spacial score (nSPS) is 12.3. The molecule has 0 aliphatic rings. The van der Waals surface area contributed by atoms with Crippen molar-refractivity contribution in [3.05, 3.63) is 16.6 Å². The van der Waals surface area contributed by atoms with Gasteiger partial charge in [-0.1, -0.05) is 0 Å². The summed E-state index contributed by atoms with van der Waals surface area (Å²) in [6.07, 6.45) is 7.76. The molecule has 0 aromatic carbocycles. The molecule has 0 bridgehead atoms. The average molecular weight is 180 g/mol. The zero-order valence-corrected chi connectivity index (χ0v) is 7.90. The number of nitrogens with zero attached hydrogens (tertiary/aromatic N) is 1. The zero-order valence-electron chi connectivity index (χ0n) is 7.08. The van der Waals surface area contributed by atoms with Crippen LogP contribution >= 0.6 is 11.3 Å². The second-order valence-corrected chi connectivity index (χ2v) is 3.60. The number of nitrogens with one attached hydrogen (secondary N) is 1. The molecule has 2 nitrogen and oxygen atoms in total. The molecule has 1 N–H and O–H groups in total. The molecule has 0 saturated heterocycles. The van der Waals surface area contributed by atoms with Gasteiger partial charge in [0.15, 0.2) is 0 Å². The van der Waals surface area contributed by atoms with Gasteiger partial charge in [-0.05, 0) is 6.92 Å². The van der Waals surface area contributed by atoms with Gasteiger partial charge >= 0.3 is 0 Å². The van der Waals surface area contributed by atoms with E-state index in [4.69, 9.17) is 6.42 Å². The number of thiazole rings is 1. The van der Waals surface area contributed by atoms with Crippen molar-refractivity contribution >= 4 is 11.3 Å². The fraction of sp³-hybridized carbons (Fsp3) is 0.444. The Balaban J connectivity index is 2.23. The van der Waals surface area contributed by atoms with Gasteiger partial charge in [0.2, 0.25) is 0 Å². The molecular formula is C9H12N2S. The van der Waals surface area contributed by atoms with Gasteiger partial charge in [-0.25, -0.2) is 4.98 Å². The lowest BCUT2D eigenvalue weighted by Gasteiger charge is -2.07. The first kappa shape index (κ1) is 9.24. The molecule has 0 aliphatic heterocycles. The summed E-state index contributed by atoms with van der Waals surface area (Å²) in [6, 6.07) is 0.374. The molecule has 1 unspecified atom stereocenters. The molecule has 1 aromatic heterocycles. The summed E-state index contributed by atoms with van der Waals surface area (Å²) in [7, 11) is 0. The summed E-state index contributed by atoms with van der Waals surface area (Å²) in [5.41, 5.74) is 0. The van der Waals surface area contributed by atoms with E-state index in [1.165, 1.54) is 0 Å². The van der Waals surface area contributed by atoms with Crippen LogP contribution in [-0.2, 0) is 6.54 Å². The first-order valence-electron chi connectivity index (χ1n) is 3.88. The first-order chi connectivity index (χ1) is 5.83. The van der Waals surface area contributed by atoms with Gasteiger partial charge in [0.25, 0.3) is 0 Å². The third-order valence-corrected chi connectivity index (χ3v) is 2.29. The Hall–Kier alpha value is -0.850. The van der Waals surface area contributed by atoms with Gasteiger partial charge in [-0.15, -0.1) is 23.7 Å². The van der Waals surface area contributed by atoms with Gasteiger partial charge < -0.3 is 5.32 Å². The summed E-state index contributed by atoms with van der Waals surface area (Å²) in [6.45, 7) is 2.90. The highest BCUT2D eigenvalue weighted by Crippen LogP contribution is 2.03. The van der Waals surface area contributed by atoms with Gasteiger partial charge in [-0.3, -0.25) is 0 Å². The van der Waals surface area contributed by atoms with Gasteiger partial charge in [0, 0.05) is 30.6 Å². The quantitative estimate of drug-likeness (QED) is 0.713. The van der Waals surface area contributed by atoms with Crippen molar-refractivity contribution in [1.29, 1.82) is 0 Å². The summed E-state index contributed by atoms with van der Waals surface area (Å²) in [5.74, 6) is 2.62. The number of hydrogen-bond donors (Lipinski definition) is 1. The number of terminal acetylenes is 1. The predicted molar refractivity (Wildman–Crippen MR) is 51.9 cm³/mol. The average Bonchev–Trinajstić information content (AvgIpc) is 2.53. The zero-order chi connectivity index (χ0) is 8.81. The third kappa shape index (κ3) is 3.04. The van der Waals surface area contributed by atoms with E-state index < -0.39 is 0 Å². The van der Waals surface area contributed by atoms with Gasteiger partial charge in [0.1, 0.15) is 5.01 Å². The maximum absolute atomic E-state index is 5.18. The van der Waals surface area contributed by atoms with Gasteiger partial charge in [-0.2, -0.15) is 0 Å².